The highest BCUT2D eigenvalue weighted by Crippen LogP contribution is 2.39. The summed E-state index contributed by atoms with van der Waals surface area (Å²) in [5.74, 6) is 2.75. The van der Waals surface area contributed by atoms with Crippen molar-refractivity contribution in [1.29, 1.82) is 0 Å². The van der Waals surface area contributed by atoms with Crippen LogP contribution in [-0.2, 0) is 10.0 Å². The molecule has 1 saturated carbocycles. The molecular weight excluding hydrogens is 496 g/mol. The minimum Gasteiger partial charge on any atom is -0.388 e. The lowest BCUT2D eigenvalue weighted by molar-refractivity contribution is 0.0266. The molecule has 194 valence electrons. The number of aromatic nitrogens is 4. The predicted molar refractivity (Wildman–Crippen MR) is 138 cm³/mol. The zero-order valence-electron chi connectivity index (χ0n) is 20.3. The summed E-state index contributed by atoms with van der Waals surface area (Å²) in [6.45, 7) is 2.29. The van der Waals surface area contributed by atoms with Crippen molar-refractivity contribution in [3.05, 3.63) is 56.9 Å². The molecule has 0 amide bonds. The molecule has 37 heavy (non-hydrogen) atoms. The number of hydrogen-bond acceptors (Lipinski definition) is 8. The first-order chi connectivity index (χ1) is 17.6. The number of H-pyrrole nitrogens is 1. The van der Waals surface area contributed by atoms with E-state index in [0.29, 0.717) is 42.7 Å². The molecule has 1 aliphatic heterocycles. The van der Waals surface area contributed by atoms with Crippen molar-refractivity contribution < 1.29 is 13.5 Å². The number of pyridine rings is 2. The fraction of sp³-hybridized carbons (Fsp3) is 0.440. The summed E-state index contributed by atoms with van der Waals surface area (Å²) in [5.41, 5.74) is -1.21. The Labute approximate surface area is 213 Å². The topological polar surface area (TPSA) is 150 Å². The smallest absolute Gasteiger partial charge is 0.268 e. The van der Waals surface area contributed by atoms with Gasteiger partial charge in [0.05, 0.1) is 22.1 Å². The van der Waals surface area contributed by atoms with E-state index in [1.165, 1.54) is 27.2 Å². The summed E-state index contributed by atoms with van der Waals surface area (Å²) >= 11 is 0. The molecule has 0 bridgehead atoms. The normalized spacial score (nSPS) is 23.2. The van der Waals surface area contributed by atoms with Crippen LogP contribution in [0.1, 0.15) is 50.6 Å². The average molecular weight is 525 g/mol. The van der Waals surface area contributed by atoms with Gasteiger partial charge in [0.15, 0.2) is 0 Å². The summed E-state index contributed by atoms with van der Waals surface area (Å²) in [5, 5.41) is 14.8. The Bertz CT molecular complexity index is 1590. The van der Waals surface area contributed by atoms with Gasteiger partial charge in [-0.05, 0) is 51.2 Å². The molecule has 4 heterocycles. The number of piperidine rings is 1. The fourth-order valence-electron chi connectivity index (χ4n) is 5.25. The molecule has 2 fully saturated rings. The number of sulfonamides is 1. The SMILES string of the molecule is C#Cc1cc2cnc(NC3CCN(S(=O)(=O)c4ccc(=O)[nH]c4)CC3)nc2n([C@@H]2CCC[C@@]2(C)O)c1=O. The van der Waals surface area contributed by atoms with Crippen molar-refractivity contribution in [2.24, 2.45) is 0 Å². The second kappa shape index (κ2) is 9.41. The first kappa shape index (κ1) is 25.1. The minimum absolute atomic E-state index is 0.0449. The summed E-state index contributed by atoms with van der Waals surface area (Å²) < 4.78 is 28.7. The van der Waals surface area contributed by atoms with Crippen molar-refractivity contribution >= 4 is 27.0 Å². The van der Waals surface area contributed by atoms with Crippen LogP contribution in [0.25, 0.3) is 11.0 Å². The molecule has 0 unspecified atom stereocenters. The number of nitrogens with one attached hydrogen (secondary N) is 2. The van der Waals surface area contributed by atoms with Gasteiger partial charge in [-0.15, -0.1) is 6.42 Å². The Balaban J connectivity index is 1.38. The zero-order valence-corrected chi connectivity index (χ0v) is 21.2. The van der Waals surface area contributed by atoms with Crippen LogP contribution in [0, 0.1) is 12.3 Å². The van der Waals surface area contributed by atoms with E-state index < -0.39 is 21.7 Å². The second-order valence-electron chi connectivity index (χ2n) is 9.83. The Kier molecular flexibility index (Phi) is 6.39. The highest BCUT2D eigenvalue weighted by atomic mass is 32.2. The monoisotopic (exact) mass is 524 g/mol. The standard InChI is InChI=1S/C25H28N6O5S/c1-3-16-13-17-14-27-24(29-22(17)31(23(16)33)20-5-4-10-25(20,2)34)28-18-8-11-30(12-9-18)37(35,36)19-6-7-21(32)26-15-19/h1,6-7,13-15,18,20,34H,4-5,8-12H2,2H3,(H,26,32)(H,27,28,29)/t20-,25-/m1/s1. The molecule has 3 aromatic rings. The van der Waals surface area contributed by atoms with Crippen LogP contribution >= 0.6 is 0 Å². The molecule has 2 aliphatic rings. The van der Waals surface area contributed by atoms with Crippen LogP contribution < -0.4 is 16.4 Å². The third-order valence-corrected chi connectivity index (χ3v) is 9.19. The lowest BCUT2D eigenvalue weighted by Gasteiger charge is -2.31. The third-order valence-electron chi connectivity index (χ3n) is 7.30. The van der Waals surface area contributed by atoms with Crippen molar-refractivity contribution in [3.63, 3.8) is 0 Å². The maximum atomic E-state index is 13.2. The maximum Gasteiger partial charge on any atom is 0.268 e. The van der Waals surface area contributed by atoms with Gasteiger partial charge in [0, 0.05) is 43.0 Å². The highest BCUT2D eigenvalue weighted by molar-refractivity contribution is 7.89. The molecule has 3 aromatic heterocycles. The van der Waals surface area contributed by atoms with Crippen LogP contribution in [0.2, 0.25) is 0 Å². The number of aromatic amines is 1. The van der Waals surface area contributed by atoms with Gasteiger partial charge in [0.1, 0.15) is 5.65 Å². The Hall–Kier alpha value is -3.53. The number of anilines is 1. The minimum atomic E-state index is -3.72. The van der Waals surface area contributed by atoms with Gasteiger partial charge in [0.25, 0.3) is 5.56 Å². The molecule has 2 atom stereocenters. The molecule has 1 aliphatic carbocycles. The van der Waals surface area contributed by atoms with Crippen LogP contribution in [0.4, 0.5) is 5.95 Å². The molecule has 0 spiro atoms. The van der Waals surface area contributed by atoms with E-state index in [-0.39, 0.29) is 40.7 Å². The summed E-state index contributed by atoms with van der Waals surface area (Å²) in [4.78, 5) is 36.0. The zero-order chi connectivity index (χ0) is 26.4. The van der Waals surface area contributed by atoms with Crippen molar-refractivity contribution in [3.8, 4) is 12.3 Å². The number of terminal acetylenes is 1. The molecule has 11 nitrogen and oxygen atoms in total. The quantitative estimate of drug-likeness (QED) is 0.422. The molecule has 0 aromatic carbocycles. The van der Waals surface area contributed by atoms with Crippen molar-refractivity contribution in [1.82, 2.24) is 23.8 Å². The lowest BCUT2D eigenvalue weighted by atomic mass is 9.99. The molecule has 0 radical (unpaired) electrons. The highest BCUT2D eigenvalue weighted by Gasteiger charge is 2.40. The van der Waals surface area contributed by atoms with Gasteiger partial charge >= 0.3 is 0 Å². The summed E-state index contributed by atoms with van der Waals surface area (Å²) in [6.07, 6.45) is 11.4. The van der Waals surface area contributed by atoms with Gasteiger partial charge in [-0.2, -0.15) is 9.29 Å². The van der Waals surface area contributed by atoms with Crippen LogP contribution in [0.3, 0.4) is 0 Å². The van der Waals surface area contributed by atoms with Gasteiger partial charge in [-0.3, -0.25) is 14.2 Å². The van der Waals surface area contributed by atoms with E-state index in [1.807, 2.05) is 0 Å². The second-order valence-corrected chi connectivity index (χ2v) is 11.8. The Morgan fingerprint density at radius 1 is 1.24 bits per heavy atom. The molecule has 12 heteroatoms. The fourth-order valence-corrected chi connectivity index (χ4v) is 6.69. The van der Waals surface area contributed by atoms with Gasteiger partial charge < -0.3 is 15.4 Å². The molecule has 5 rings (SSSR count). The number of rotatable bonds is 5. The summed E-state index contributed by atoms with van der Waals surface area (Å²) in [7, 11) is -3.72. The Morgan fingerprint density at radius 3 is 2.62 bits per heavy atom. The average Bonchev–Trinajstić information content (AvgIpc) is 3.22. The molecule has 1 saturated heterocycles. The van der Waals surface area contributed by atoms with Crippen LogP contribution in [0.15, 0.2) is 45.1 Å². The van der Waals surface area contributed by atoms with E-state index >= 15 is 0 Å². The third kappa shape index (κ3) is 4.66. The van der Waals surface area contributed by atoms with E-state index in [9.17, 15) is 23.1 Å². The number of aliphatic hydroxyl groups is 1. The Morgan fingerprint density at radius 2 is 2.00 bits per heavy atom. The van der Waals surface area contributed by atoms with Crippen LogP contribution in [0.5, 0.6) is 0 Å². The largest absolute Gasteiger partial charge is 0.388 e. The van der Waals surface area contributed by atoms with Crippen molar-refractivity contribution in [2.75, 3.05) is 18.4 Å². The van der Waals surface area contributed by atoms with E-state index in [1.54, 1.807) is 19.2 Å². The van der Waals surface area contributed by atoms with Crippen LogP contribution in [-0.4, -0.2) is 62.1 Å². The number of fused-ring (bicyclic) bond motifs is 1. The number of nitrogens with zero attached hydrogens (tertiary/aromatic N) is 4. The van der Waals surface area contributed by atoms with Gasteiger partial charge in [-0.25, -0.2) is 13.4 Å². The lowest BCUT2D eigenvalue weighted by Crippen LogP contribution is -2.42. The summed E-state index contributed by atoms with van der Waals surface area (Å²) in [6, 6.07) is 3.53. The molecule has 3 N–H and O–H groups in total. The van der Waals surface area contributed by atoms with E-state index in [0.717, 1.165) is 6.42 Å². The maximum absolute atomic E-state index is 13.2. The van der Waals surface area contributed by atoms with Crippen molar-refractivity contribution in [2.45, 2.75) is 61.6 Å². The van der Waals surface area contributed by atoms with Gasteiger partial charge in [0.2, 0.25) is 21.5 Å². The first-order valence-electron chi connectivity index (χ1n) is 12.2. The van der Waals surface area contributed by atoms with E-state index in [4.69, 9.17) is 6.42 Å². The van der Waals surface area contributed by atoms with E-state index in [2.05, 4.69) is 26.2 Å². The van der Waals surface area contributed by atoms with Gasteiger partial charge in [-0.1, -0.05) is 5.92 Å². The predicted octanol–water partition coefficient (Wildman–Crippen LogP) is 1.20. The number of hydrogen-bond donors (Lipinski definition) is 3. The molecular formula is C25H28N6O5S. The first-order valence-corrected chi connectivity index (χ1v) is 13.6.